The van der Waals surface area contributed by atoms with E-state index in [4.69, 9.17) is 25.8 Å². The van der Waals surface area contributed by atoms with Gasteiger partial charge in [-0.1, -0.05) is 29.8 Å². The van der Waals surface area contributed by atoms with Crippen LogP contribution in [0.3, 0.4) is 0 Å². The SMILES string of the molecule is COc1ccc(CC(=O)OCC(=O)Nc2ccccc2Cl)cc1OC. The number of benzene rings is 2. The number of amides is 1. The lowest BCUT2D eigenvalue weighted by Gasteiger charge is -2.10. The number of rotatable bonds is 7. The van der Waals surface area contributed by atoms with Gasteiger partial charge in [-0.15, -0.1) is 0 Å². The van der Waals surface area contributed by atoms with E-state index in [1.54, 1.807) is 42.5 Å². The number of hydrogen-bond donors (Lipinski definition) is 1. The zero-order valence-corrected chi connectivity index (χ0v) is 14.6. The number of hydrogen-bond acceptors (Lipinski definition) is 5. The first-order chi connectivity index (χ1) is 12.0. The Morgan fingerprint density at radius 2 is 1.76 bits per heavy atom. The fraction of sp³-hybridized carbons (Fsp3) is 0.222. The quantitative estimate of drug-likeness (QED) is 0.765. The second kappa shape index (κ2) is 8.94. The summed E-state index contributed by atoms with van der Waals surface area (Å²) in [6.45, 7) is -0.392. The molecule has 0 aliphatic heterocycles. The van der Waals surface area contributed by atoms with Crippen LogP contribution in [0.4, 0.5) is 5.69 Å². The molecule has 0 aliphatic carbocycles. The predicted molar refractivity (Wildman–Crippen MR) is 94.3 cm³/mol. The number of carbonyl (C=O) groups is 2. The molecule has 1 amide bonds. The summed E-state index contributed by atoms with van der Waals surface area (Å²) in [7, 11) is 3.04. The van der Waals surface area contributed by atoms with Crippen LogP contribution in [0, 0.1) is 0 Å². The highest BCUT2D eigenvalue weighted by Crippen LogP contribution is 2.27. The van der Waals surface area contributed by atoms with Crippen LogP contribution in [0.2, 0.25) is 5.02 Å². The highest BCUT2D eigenvalue weighted by Gasteiger charge is 2.12. The smallest absolute Gasteiger partial charge is 0.310 e. The van der Waals surface area contributed by atoms with Crippen LogP contribution in [-0.4, -0.2) is 32.7 Å². The minimum absolute atomic E-state index is 0.0136. The van der Waals surface area contributed by atoms with Crippen molar-refractivity contribution in [3.63, 3.8) is 0 Å². The van der Waals surface area contributed by atoms with Crippen LogP contribution in [0.5, 0.6) is 11.5 Å². The minimum Gasteiger partial charge on any atom is -0.493 e. The Morgan fingerprint density at radius 1 is 1.04 bits per heavy atom. The molecule has 0 heterocycles. The monoisotopic (exact) mass is 363 g/mol. The van der Waals surface area contributed by atoms with Gasteiger partial charge in [0.2, 0.25) is 0 Å². The van der Waals surface area contributed by atoms with Gasteiger partial charge in [0, 0.05) is 0 Å². The zero-order valence-electron chi connectivity index (χ0n) is 13.9. The molecule has 0 radical (unpaired) electrons. The molecule has 2 aromatic carbocycles. The maximum atomic E-state index is 11.9. The standard InChI is InChI=1S/C18H18ClNO5/c1-23-15-8-7-12(9-16(15)24-2)10-18(22)25-11-17(21)20-14-6-4-3-5-13(14)19/h3-9H,10-11H2,1-2H3,(H,20,21). The summed E-state index contributed by atoms with van der Waals surface area (Å²) in [6, 6.07) is 11.9. The Morgan fingerprint density at radius 3 is 2.44 bits per heavy atom. The van der Waals surface area contributed by atoms with Gasteiger partial charge < -0.3 is 19.5 Å². The van der Waals surface area contributed by atoms with E-state index >= 15 is 0 Å². The van der Waals surface area contributed by atoms with Gasteiger partial charge >= 0.3 is 5.97 Å². The third kappa shape index (κ3) is 5.39. The van der Waals surface area contributed by atoms with Crippen molar-refractivity contribution in [3.05, 3.63) is 53.1 Å². The topological polar surface area (TPSA) is 73.9 Å². The molecule has 1 N–H and O–H groups in total. The van der Waals surface area contributed by atoms with Crippen molar-refractivity contribution in [2.24, 2.45) is 0 Å². The first-order valence-electron chi connectivity index (χ1n) is 7.44. The minimum atomic E-state index is -0.526. The Labute approximate surface area is 150 Å². The number of ether oxygens (including phenoxy) is 3. The molecule has 0 bridgehead atoms. The molecule has 132 valence electrons. The van der Waals surface area contributed by atoms with Crippen molar-refractivity contribution < 1.29 is 23.8 Å². The van der Waals surface area contributed by atoms with Crippen LogP contribution in [-0.2, 0) is 20.7 Å². The van der Waals surface area contributed by atoms with Gasteiger partial charge in [0.05, 0.1) is 31.4 Å². The van der Waals surface area contributed by atoms with Gasteiger partial charge in [-0.2, -0.15) is 0 Å². The van der Waals surface area contributed by atoms with Crippen LogP contribution in [0.15, 0.2) is 42.5 Å². The Kier molecular flexibility index (Phi) is 6.65. The number of halogens is 1. The number of methoxy groups -OCH3 is 2. The fourth-order valence-corrected chi connectivity index (χ4v) is 2.29. The molecule has 0 atom stereocenters. The summed E-state index contributed by atoms with van der Waals surface area (Å²) in [4.78, 5) is 23.7. The highest BCUT2D eigenvalue weighted by atomic mass is 35.5. The number of nitrogens with one attached hydrogen (secondary N) is 1. The van der Waals surface area contributed by atoms with Gasteiger partial charge in [-0.25, -0.2) is 0 Å². The van der Waals surface area contributed by atoms with E-state index in [2.05, 4.69) is 5.32 Å². The van der Waals surface area contributed by atoms with Crippen molar-refractivity contribution in [2.45, 2.75) is 6.42 Å². The van der Waals surface area contributed by atoms with Crippen molar-refractivity contribution >= 4 is 29.2 Å². The molecule has 0 aliphatic rings. The van der Waals surface area contributed by atoms with Crippen molar-refractivity contribution in [3.8, 4) is 11.5 Å². The van der Waals surface area contributed by atoms with Crippen molar-refractivity contribution in [1.29, 1.82) is 0 Å². The summed E-state index contributed by atoms with van der Waals surface area (Å²) in [5.74, 6) is 0.0956. The zero-order chi connectivity index (χ0) is 18.2. The molecule has 0 fully saturated rings. The molecule has 0 unspecified atom stereocenters. The van der Waals surface area contributed by atoms with E-state index in [9.17, 15) is 9.59 Å². The summed E-state index contributed by atoms with van der Waals surface area (Å²) in [6.07, 6.45) is 0.0136. The molecule has 0 aromatic heterocycles. The van der Waals surface area contributed by atoms with Crippen LogP contribution in [0.1, 0.15) is 5.56 Å². The molecule has 2 aromatic rings. The molecule has 25 heavy (non-hydrogen) atoms. The molecular weight excluding hydrogens is 346 g/mol. The molecule has 0 spiro atoms. The lowest BCUT2D eigenvalue weighted by atomic mass is 10.1. The third-order valence-corrected chi connectivity index (χ3v) is 3.64. The average molecular weight is 364 g/mol. The number of esters is 1. The number of anilines is 1. The Balaban J connectivity index is 1.86. The molecule has 0 saturated heterocycles. The lowest BCUT2D eigenvalue weighted by Crippen LogP contribution is -2.21. The van der Waals surface area contributed by atoms with Crippen molar-refractivity contribution in [1.82, 2.24) is 0 Å². The van der Waals surface area contributed by atoms with Crippen molar-refractivity contribution in [2.75, 3.05) is 26.1 Å². The molecule has 7 heteroatoms. The van der Waals surface area contributed by atoms with E-state index in [-0.39, 0.29) is 6.42 Å². The van der Waals surface area contributed by atoms with Crippen LogP contribution in [0.25, 0.3) is 0 Å². The van der Waals surface area contributed by atoms with Gasteiger partial charge in [-0.05, 0) is 29.8 Å². The normalized spacial score (nSPS) is 10.0. The fourth-order valence-electron chi connectivity index (χ4n) is 2.10. The molecule has 6 nitrogen and oxygen atoms in total. The van der Waals surface area contributed by atoms with E-state index < -0.39 is 18.5 Å². The Hall–Kier alpha value is -2.73. The maximum absolute atomic E-state index is 11.9. The van der Waals surface area contributed by atoms with E-state index in [1.807, 2.05) is 0 Å². The van der Waals surface area contributed by atoms with Gasteiger partial charge in [0.1, 0.15) is 0 Å². The van der Waals surface area contributed by atoms with Gasteiger partial charge in [-0.3, -0.25) is 9.59 Å². The third-order valence-electron chi connectivity index (χ3n) is 3.31. The average Bonchev–Trinajstić information content (AvgIpc) is 2.62. The van der Waals surface area contributed by atoms with Gasteiger partial charge in [0.25, 0.3) is 5.91 Å². The Bertz CT molecular complexity index is 763. The second-order valence-electron chi connectivity index (χ2n) is 5.05. The first kappa shape index (κ1) is 18.6. The first-order valence-corrected chi connectivity index (χ1v) is 7.82. The van der Waals surface area contributed by atoms with Gasteiger partial charge in [0.15, 0.2) is 18.1 Å². The van der Waals surface area contributed by atoms with E-state index in [0.29, 0.717) is 27.8 Å². The van der Waals surface area contributed by atoms with Crippen LogP contribution >= 0.6 is 11.6 Å². The summed E-state index contributed by atoms with van der Waals surface area (Å²) < 4.78 is 15.3. The molecule has 2 rings (SSSR count). The molecule has 0 saturated carbocycles. The predicted octanol–water partition coefficient (Wildman–Crippen LogP) is 3.08. The van der Waals surface area contributed by atoms with Crippen LogP contribution < -0.4 is 14.8 Å². The number of carbonyl (C=O) groups excluding carboxylic acids is 2. The second-order valence-corrected chi connectivity index (χ2v) is 5.46. The van der Waals surface area contributed by atoms with E-state index in [0.717, 1.165) is 0 Å². The highest BCUT2D eigenvalue weighted by molar-refractivity contribution is 6.33. The maximum Gasteiger partial charge on any atom is 0.310 e. The summed E-state index contributed by atoms with van der Waals surface area (Å²) in [5.41, 5.74) is 1.15. The van der Waals surface area contributed by atoms with E-state index in [1.165, 1.54) is 14.2 Å². The summed E-state index contributed by atoms with van der Waals surface area (Å²) >= 11 is 5.95. The summed E-state index contributed by atoms with van der Waals surface area (Å²) in [5, 5.41) is 2.99. The lowest BCUT2D eigenvalue weighted by molar-refractivity contribution is -0.146. The number of para-hydroxylation sites is 1. The molecular formula is C18H18ClNO5. The largest absolute Gasteiger partial charge is 0.493 e.